The number of hydrogen-bond acceptors (Lipinski definition) is 2. The van der Waals surface area contributed by atoms with E-state index in [0.717, 1.165) is 12.0 Å². The molecular formula is C23H34F3N3. The van der Waals surface area contributed by atoms with E-state index < -0.39 is 11.9 Å². The molecule has 1 aromatic heterocycles. The van der Waals surface area contributed by atoms with Gasteiger partial charge in [0.05, 0.1) is 0 Å². The zero-order valence-corrected chi connectivity index (χ0v) is 18.4. The number of halogens is 3. The van der Waals surface area contributed by atoms with Crippen molar-refractivity contribution in [2.75, 3.05) is 13.6 Å². The summed E-state index contributed by atoms with van der Waals surface area (Å²) in [6.07, 6.45) is 0.851. The summed E-state index contributed by atoms with van der Waals surface area (Å²) in [4.78, 5) is 6.76. The Morgan fingerprint density at radius 2 is 1.76 bits per heavy atom. The molecule has 0 N–H and O–H groups in total. The maximum atomic E-state index is 13.3. The Labute approximate surface area is 172 Å². The smallest absolute Gasteiger partial charge is 0.331 e. The lowest BCUT2D eigenvalue weighted by Crippen LogP contribution is -2.96. The van der Waals surface area contributed by atoms with Crippen molar-refractivity contribution in [3.05, 3.63) is 17.7 Å². The molecule has 6 heteroatoms. The standard InChI is InChI=1S/C21H28F3N3.C2H6/c1-10(2)27-8-14(21(22,23)24)25-18(27)19(3)15-12-7-13-16(19)17(15)20(12,13)9-26(4)11-5-6-11;1-2/h8,10-13,15-17H,5-7,9H2,1-4H3;1-2H3. The van der Waals surface area contributed by atoms with Crippen LogP contribution in [0.3, 0.4) is 0 Å². The number of fused-ring (bicyclic) bond motifs is 2. The monoisotopic (exact) mass is 409 g/mol. The summed E-state index contributed by atoms with van der Waals surface area (Å²) in [6.45, 7) is 11.4. The summed E-state index contributed by atoms with van der Waals surface area (Å²) in [7, 11) is 2.27. The molecule has 1 heterocycles. The first kappa shape index (κ1) is 19.9. The molecule has 5 fully saturated rings. The molecular weight excluding hydrogens is 375 g/mol. The second-order valence-corrected chi connectivity index (χ2v) is 10.5. The van der Waals surface area contributed by atoms with E-state index in [4.69, 9.17) is 0 Å². The van der Waals surface area contributed by atoms with Crippen LogP contribution in [0.1, 0.15) is 71.4 Å². The Morgan fingerprint density at radius 1 is 1.17 bits per heavy atom. The molecule has 29 heavy (non-hydrogen) atoms. The minimum Gasteiger partial charge on any atom is -0.331 e. The molecule has 0 radical (unpaired) electrons. The minimum absolute atomic E-state index is 0.00158. The number of imidazole rings is 1. The van der Waals surface area contributed by atoms with E-state index in [2.05, 4.69) is 23.9 Å². The lowest BCUT2D eigenvalue weighted by molar-refractivity contribution is -0.479. The topological polar surface area (TPSA) is 21.1 Å². The molecule has 5 aliphatic carbocycles. The molecule has 0 saturated heterocycles. The molecule has 0 spiro atoms. The van der Waals surface area contributed by atoms with Crippen molar-refractivity contribution in [1.29, 1.82) is 0 Å². The maximum absolute atomic E-state index is 13.3. The maximum Gasteiger partial charge on any atom is 0.434 e. The van der Waals surface area contributed by atoms with Gasteiger partial charge in [0.2, 0.25) is 0 Å². The van der Waals surface area contributed by atoms with Gasteiger partial charge in [-0.3, -0.25) is 0 Å². The van der Waals surface area contributed by atoms with Gasteiger partial charge in [0, 0.05) is 30.2 Å². The molecule has 4 atom stereocenters. The Bertz CT molecular complexity index is 790. The van der Waals surface area contributed by atoms with Crippen molar-refractivity contribution in [2.45, 2.75) is 77.6 Å². The number of aromatic nitrogens is 2. The predicted molar refractivity (Wildman–Crippen MR) is 106 cm³/mol. The Balaban J connectivity index is 0.000000882. The van der Waals surface area contributed by atoms with Gasteiger partial charge in [0.1, 0.15) is 5.82 Å². The second kappa shape index (κ2) is 5.80. The first-order valence-corrected chi connectivity index (χ1v) is 11.5. The summed E-state index contributed by atoms with van der Waals surface area (Å²) in [5.41, 5.74) is -0.372. The quantitative estimate of drug-likeness (QED) is 0.652. The van der Waals surface area contributed by atoms with Crippen molar-refractivity contribution < 1.29 is 13.2 Å². The number of rotatable bonds is 5. The molecule has 5 saturated carbocycles. The van der Waals surface area contributed by atoms with Crippen LogP contribution < -0.4 is 0 Å². The van der Waals surface area contributed by atoms with Gasteiger partial charge in [-0.1, -0.05) is 20.8 Å². The molecule has 4 unspecified atom stereocenters. The minimum atomic E-state index is -4.37. The van der Waals surface area contributed by atoms with E-state index in [9.17, 15) is 13.2 Å². The molecule has 5 aliphatic rings. The van der Waals surface area contributed by atoms with Gasteiger partial charge >= 0.3 is 6.18 Å². The highest BCUT2D eigenvalue weighted by molar-refractivity contribution is 5.46. The summed E-state index contributed by atoms with van der Waals surface area (Å²) < 4.78 is 41.8. The Hall–Kier alpha value is -1.04. The fraction of sp³-hybridized carbons (Fsp3) is 0.870. The van der Waals surface area contributed by atoms with Crippen LogP contribution in [0.4, 0.5) is 13.2 Å². The zero-order valence-electron chi connectivity index (χ0n) is 18.4. The highest BCUT2D eigenvalue weighted by atomic mass is 19.4. The fourth-order valence-corrected chi connectivity index (χ4v) is 8.16. The van der Waals surface area contributed by atoms with Crippen LogP contribution in [0.5, 0.6) is 0 Å². The van der Waals surface area contributed by atoms with Crippen LogP contribution in [-0.2, 0) is 11.6 Å². The normalized spacial score (nSPS) is 43.5. The third-order valence-electron chi connectivity index (χ3n) is 9.29. The average Bonchev–Trinajstić information content (AvgIpc) is 3.42. The molecule has 1 aromatic rings. The third kappa shape index (κ3) is 2.12. The third-order valence-corrected chi connectivity index (χ3v) is 9.29. The lowest BCUT2D eigenvalue weighted by Gasteiger charge is -2.96. The van der Waals surface area contributed by atoms with E-state index in [1.807, 2.05) is 32.3 Å². The van der Waals surface area contributed by atoms with Crippen molar-refractivity contribution in [3.63, 3.8) is 0 Å². The summed E-state index contributed by atoms with van der Waals surface area (Å²) in [5.74, 6) is 3.93. The van der Waals surface area contributed by atoms with Crippen LogP contribution in [0, 0.1) is 35.0 Å². The van der Waals surface area contributed by atoms with Gasteiger partial charge in [-0.25, -0.2) is 4.98 Å². The predicted octanol–water partition coefficient (Wildman–Crippen LogP) is 5.37. The molecule has 3 nitrogen and oxygen atoms in total. The van der Waals surface area contributed by atoms with E-state index in [-0.39, 0.29) is 11.5 Å². The number of alkyl halides is 3. The molecule has 0 aromatic carbocycles. The lowest BCUT2D eigenvalue weighted by atomic mass is 9.07. The first-order valence-electron chi connectivity index (χ1n) is 11.5. The van der Waals surface area contributed by atoms with Crippen molar-refractivity contribution in [3.8, 4) is 0 Å². The highest BCUT2D eigenvalue weighted by Gasteiger charge is 2.94. The fourth-order valence-electron chi connectivity index (χ4n) is 8.16. The van der Waals surface area contributed by atoms with Crippen molar-refractivity contribution >= 4 is 0 Å². The molecule has 0 aliphatic heterocycles. The van der Waals surface area contributed by atoms with Gasteiger partial charge in [-0.2, -0.15) is 13.2 Å². The molecule has 6 rings (SSSR count). The van der Waals surface area contributed by atoms with Crippen LogP contribution >= 0.6 is 0 Å². The molecule has 0 bridgehead atoms. The van der Waals surface area contributed by atoms with E-state index in [1.54, 1.807) is 0 Å². The summed E-state index contributed by atoms with van der Waals surface area (Å²) in [6, 6.07) is 0.791. The van der Waals surface area contributed by atoms with Crippen LogP contribution in [0.15, 0.2) is 6.20 Å². The van der Waals surface area contributed by atoms with Crippen LogP contribution in [0.2, 0.25) is 0 Å². The Kier molecular flexibility index (Phi) is 3.98. The van der Waals surface area contributed by atoms with Crippen LogP contribution in [-0.4, -0.2) is 34.1 Å². The van der Waals surface area contributed by atoms with Crippen molar-refractivity contribution in [1.82, 2.24) is 14.5 Å². The van der Waals surface area contributed by atoms with Crippen molar-refractivity contribution in [2.24, 2.45) is 35.0 Å². The van der Waals surface area contributed by atoms with Gasteiger partial charge < -0.3 is 9.47 Å². The number of nitrogens with zero attached hydrogens (tertiary/aromatic N) is 3. The van der Waals surface area contributed by atoms with E-state index >= 15 is 0 Å². The summed E-state index contributed by atoms with van der Waals surface area (Å²) in [5, 5.41) is 0. The van der Waals surface area contributed by atoms with Crippen LogP contribution in [0.25, 0.3) is 0 Å². The molecule has 0 amide bonds. The summed E-state index contributed by atoms with van der Waals surface area (Å²) >= 11 is 0. The van der Waals surface area contributed by atoms with E-state index in [0.29, 0.717) is 34.9 Å². The second-order valence-electron chi connectivity index (χ2n) is 10.5. The van der Waals surface area contributed by atoms with E-state index in [1.165, 1.54) is 32.0 Å². The van der Waals surface area contributed by atoms with Gasteiger partial charge in [0.15, 0.2) is 5.69 Å². The number of hydrogen-bond donors (Lipinski definition) is 0. The first-order chi connectivity index (χ1) is 13.6. The van der Waals surface area contributed by atoms with Gasteiger partial charge in [0.25, 0.3) is 0 Å². The SMILES string of the molecule is CC.CC(C)n1cc(C(F)(F)F)nc1C1(C)C2C3CC4C1C2C34CN(C)C1CC1. The largest absolute Gasteiger partial charge is 0.434 e. The van der Waals surface area contributed by atoms with Gasteiger partial charge in [-0.15, -0.1) is 0 Å². The van der Waals surface area contributed by atoms with Gasteiger partial charge in [-0.05, 0) is 75.2 Å². The zero-order chi connectivity index (χ0) is 21.1. The Morgan fingerprint density at radius 3 is 2.21 bits per heavy atom. The average molecular weight is 410 g/mol. The highest BCUT2D eigenvalue weighted by Crippen LogP contribution is 2.95. The molecule has 162 valence electrons.